The molecule has 110 valence electrons. The van der Waals surface area contributed by atoms with Crippen LogP contribution in [-0.2, 0) is 0 Å². The molecule has 1 aliphatic heterocycles. The molecule has 1 aromatic carbocycles. The number of nitrogens with zero attached hydrogens (tertiary/aromatic N) is 3. The molecule has 0 saturated carbocycles. The molecule has 1 amide bonds. The van der Waals surface area contributed by atoms with E-state index in [9.17, 15) is 4.79 Å². The minimum Gasteiger partial charge on any atom is -0.337 e. The molecule has 21 heavy (non-hydrogen) atoms. The fourth-order valence-electron chi connectivity index (χ4n) is 2.95. The average Bonchev–Trinajstić information content (AvgIpc) is 2.89. The first kappa shape index (κ1) is 13.9. The van der Waals surface area contributed by atoms with Gasteiger partial charge in [-0.3, -0.25) is 4.79 Å². The fourth-order valence-corrected chi connectivity index (χ4v) is 2.95. The molecule has 4 heteroatoms. The molecule has 1 aromatic heterocycles. The van der Waals surface area contributed by atoms with Crippen LogP contribution in [0.2, 0.25) is 0 Å². The van der Waals surface area contributed by atoms with Gasteiger partial charge in [-0.05, 0) is 43.9 Å². The summed E-state index contributed by atoms with van der Waals surface area (Å²) in [6.45, 7) is 5.83. The third-order valence-electron chi connectivity index (χ3n) is 4.00. The van der Waals surface area contributed by atoms with Gasteiger partial charge in [0.2, 0.25) is 0 Å². The van der Waals surface area contributed by atoms with Crippen LogP contribution in [0.5, 0.6) is 0 Å². The topological polar surface area (TPSA) is 38.1 Å². The van der Waals surface area contributed by atoms with E-state index in [2.05, 4.69) is 12.0 Å². The lowest BCUT2D eigenvalue weighted by atomic mass is 10.00. The van der Waals surface area contributed by atoms with Crippen molar-refractivity contribution in [1.82, 2.24) is 14.7 Å². The number of benzene rings is 1. The van der Waals surface area contributed by atoms with Crippen LogP contribution in [0.1, 0.15) is 35.9 Å². The Bertz CT molecular complexity index is 633. The zero-order chi connectivity index (χ0) is 14.8. The van der Waals surface area contributed by atoms with E-state index in [1.54, 1.807) is 4.68 Å². The van der Waals surface area contributed by atoms with E-state index < -0.39 is 0 Å². The second kappa shape index (κ2) is 5.72. The van der Waals surface area contributed by atoms with Crippen molar-refractivity contribution in [2.45, 2.75) is 26.7 Å². The molecule has 0 aliphatic carbocycles. The monoisotopic (exact) mass is 283 g/mol. The first-order valence-corrected chi connectivity index (χ1v) is 7.56. The Kier molecular flexibility index (Phi) is 3.78. The highest BCUT2D eigenvalue weighted by Crippen LogP contribution is 2.20. The zero-order valence-corrected chi connectivity index (χ0v) is 12.6. The van der Waals surface area contributed by atoms with Gasteiger partial charge in [0.1, 0.15) is 5.69 Å². The summed E-state index contributed by atoms with van der Waals surface area (Å²) < 4.78 is 1.76. The van der Waals surface area contributed by atoms with Crippen LogP contribution in [0.15, 0.2) is 36.4 Å². The van der Waals surface area contributed by atoms with E-state index in [0.717, 1.165) is 30.9 Å². The summed E-state index contributed by atoms with van der Waals surface area (Å²) in [6, 6.07) is 11.7. The van der Waals surface area contributed by atoms with Crippen LogP contribution >= 0.6 is 0 Å². The molecule has 1 aliphatic rings. The van der Waals surface area contributed by atoms with Gasteiger partial charge in [0.05, 0.1) is 11.4 Å². The van der Waals surface area contributed by atoms with Crippen molar-refractivity contribution < 1.29 is 4.79 Å². The SMILES string of the molecule is Cc1cc(C(=O)N2CCCC(C)C2)n(-c2ccccc2)n1. The second-order valence-corrected chi connectivity index (χ2v) is 5.92. The number of likely N-dealkylation sites (tertiary alicyclic amines) is 1. The van der Waals surface area contributed by atoms with Crippen LogP contribution in [0, 0.1) is 12.8 Å². The van der Waals surface area contributed by atoms with Crippen LogP contribution < -0.4 is 0 Å². The summed E-state index contributed by atoms with van der Waals surface area (Å²) >= 11 is 0. The number of aryl methyl sites for hydroxylation is 1. The summed E-state index contributed by atoms with van der Waals surface area (Å²) in [5, 5.41) is 4.48. The van der Waals surface area contributed by atoms with Gasteiger partial charge in [0.25, 0.3) is 5.91 Å². The number of para-hydroxylation sites is 1. The lowest BCUT2D eigenvalue weighted by Crippen LogP contribution is -2.39. The number of amides is 1. The predicted molar refractivity (Wildman–Crippen MR) is 82.6 cm³/mol. The van der Waals surface area contributed by atoms with Gasteiger partial charge in [-0.1, -0.05) is 25.1 Å². The van der Waals surface area contributed by atoms with Crippen LogP contribution in [0.4, 0.5) is 0 Å². The molecule has 2 aromatic rings. The van der Waals surface area contributed by atoms with Gasteiger partial charge in [0.15, 0.2) is 0 Å². The molecule has 2 heterocycles. The zero-order valence-electron chi connectivity index (χ0n) is 12.6. The lowest BCUT2D eigenvalue weighted by molar-refractivity contribution is 0.0673. The van der Waals surface area contributed by atoms with Crippen molar-refractivity contribution in [1.29, 1.82) is 0 Å². The Morgan fingerprint density at radius 1 is 1.29 bits per heavy atom. The van der Waals surface area contributed by atoms with Crippen molar-refractivity contribution >= 4 is 5.91 Å². The van der Waals surface area contributed by atoms with Gasteiger partial charge < -0.3 is 4.90 Å². The summed E-state index contributed by atoms with van der Waals surface area (Å²) in [6.07, 6.45) is 2.30. The van der Waals surface area contributed by atoms with Gasteiger partial charge in [-0.15, -0.1) is 0 Å². The molecule has 0 N–H and O–H groups in total. The highest BCUT2D eigenvalue weighted by molar-refractivity contribution is 5.93. The predicted octanol–water partition coefficient (Wildman–Crippen LogP) is 3.05. The molecular formula is C17H21N3O. The Morgan fingerprint density at radius 2 is 2.05 bits per heavy atom. The van der Waals surface area contributed by atoms with Crippen molar-refractivity contribution in [2.75, 3.05) is 13.1 Å². The number of piperidine rings is 1. The number of hydrogen-bond acceptors (Lipinski definition) is 2. The van der Waals surface area contributed by atoms with Gasteiger partial charge >= 0.3 is 0 Å². The second-order valence-electron chi connectivity index (χ2n) is 5.92. The van der Waals surface area contributed by atoms with Crippen molar-refractivity contribution in [3.8, 4) is 5.69 Å². The van der Waals surface area contributed by atoms with Crippen molar-refractivity contribution in [2.24, 2.45) is 5.92 Å². The lowest BCUT2D eigenvalue weighted by Gasteiger charge is -2.30. The summed E-state index contributed by atoms with van der Waals surface area (Å²) in [5.41, 5.74) is 2.46. The van der Waals surface area contributed by atoms with Crippen LogP contribution in [0.3, 0.4) is 0 Å². The van der Waals surface area contributed by atoms with Crippen molar-refractivity contribution in [3.05, 3.63) is 47.8 Å². The molecule has 3 rings (SSSR count). The average molecular weight is 283 g/mol. The van der Waals surface area contributed by atoms with E-state index in [1.165, 1.54) is 6.42 Å². The number of hydrogen-bond donors (Lipinski definition) is 0. The third-order valence-corrected chi connectivity index (χ3v) is 4.00. The molecule has 0 bridgehead atoms. The standard InChI is InChI=1S/C17H21N3O/c1-13-7-6-10-19(12-13)17(21)16-11-14(2)18-20(16)15-8-4-3-5-9-15/h3-5,8-9,11,13H,6-7,10,12H2,1-2H3. The molecule has 0 spiro atoms. The molecule has 4 nitrogen and oxygen atoms in total. The summed E-state index contributed by atoms with van der Waals surface area (Å²) in [7, 11) is 0. The van der Waals surface area contributed by atoms with Gasteiger partial charge in [0, 0.05) is 13.1 Å². The van der Waals surface area contributed by atoms with Crippen LogP contribution in [0.25, 0.3) is 5.69 Å². The van der Waals surface area contributed by atoms with E-state index in [1.807, 2.05) is 48.2 Å². The van der Waals surface area contributed by atoms with Gasteiger partial charge in [-0.2, -0.15) is 5.10 Å². The highest BCUT2D eigenvalue weighted by atomic mass is 16.2. The number of rotatable bonds is 2. The largest absolute Gasteiger partial charge is 0.337 e. The molecule has 1 fully saturated rings. The minimum atomic E-state index is 0.0889. The quantitative estimate of drug-likeness (QED) is 0.849. The maximum absolute atomic E-state index is 12.8. The normalized spacial score (nSPS) is 18.8. The highest BCUT2D eigenvalue weighted by Gasteiger charge is 2.25. The first-order chi connectivity index (χ1) is 10.1. The smallest absolute Gasteiger partial charge is 0.272 e. The van der Waals surface area contributed by atoms with E-state index in [4.69, 9.17) is 0 Å². The summed E-state index contributed by atoms with van der Waals surface area (Å²) in [5.74, 6) is 0.669. The Labute approximate surface area is 125 Å². The molecule has 1 saturated heterocycles. The number of carbonyl (C=O) groups is 1. The first-order valence-electron chi connectivity index (χ1n) is 7.56. The maximum atomic E-state index is 12.8. The number of carbonyl (C=O) groups excluding carboxylic acids is 1. The number of aromatic nitrogens is 2. The van der Waals surface area contributed by atoms with E-state index >= 15 is 0 Å². The summed E-state index contributed by atoms with van der Waals surface area (Å²) in [4.78, 5) is 14.8. The Hall–Kier alpha value is -2.10. The Morgan fingerprint density at radius 3 is 2.76 bits per heavy atom. The van der Waals surface area contributed by atoms with Crippen LogP contribution in [-0.4, -0.2) is 33.7 Å². The van der Waals surface area contributed by atoms with E-state index in [-0.39, 0.29) is 5.91 Å². The van der Waals surface area contributed by atoms with Gasteiger partial charge in [-0.25, -0.2) is 4.68 Å². The van der Waals surface area contributed by atoms with Crippen molar-refractivity contribution in [3.63, 3.8) is 0 Å². The molecule has 1 atom stereocenters. The van der Waals surface area contributed by atoms with E-state index in [0.29, 0.717) is 11.6 Å². The Balaban J connectivity index is 1.93. The third kappa shape index (κ3) is 2.84. The fraction of sp³-hybridized carbons (Fsp3) is 0.412. The minimum absolute atomic E-state index is 0.0889. The molecule has 1 unspecified atom stereocenters. The maximum Gasteiger partial charge on any atom is 0.272 e. The molecular weight excluding hydrogens is 262 g/mol. The molecule has 0 radical (unpaired) electrons.